The van der Waals surface area contributed by atoms with Crippen molar-refractivity contribution in [3.05, 3.63) is 27.7 Å². The van der Waals surface area contributed by atoms with Gasteiger partial charge in [-0.25, -0.2) is 0 Å². The number of nitrogens with one attached hydrogen (secondary N) is 1. The van der Waals surface area contributed by atoms with Crippen LogP contribution in [0.4, 0.5) is 5.88 Å². The molecular weight excluding hydrogens is 253 g/mol. The molecule has 0 atom stereocenters. The summed E-state index contributed by atoms with van der Waals surface area (Å²) in [4.78, 5) is 0. The van der Waals surface area contributed by atoms with Gasteiger partial charge in [0, 0.05) is 34.1 Å². The van der Waals surface area contributed by atoms with Crippen molar-refractivity contribution in [1.29, 1.82) is 0 Å². The van der Waals surface area contributed by atoms with Crippen LogP contribution in [0.1, 0.15) is 0 Å². The van der Waals surface area contributed by atoms with Crippen molar-refractivity contribution in [2.45, 2.75) is 0 Å². The summed E-state index contributed by atoms with van der Waals surface area (Å²) in [6, 6.07) is 5.57. The number of anilines is 1. The highest BCUT2D eigenvalue weighted by Gasteiger charge is 2.06. The van der Waals surface area contributed by atoms with Crippen molar-refractivity contribution in [3.8, 4) is 0 Å². The molecule has 0 unspecified atom stereocenters. The standard InChI is InChI=1S/C9H7BrClNO/c1-12-9-4-6-7(10)2-5(11)3-8(6)13-9/h2-4,12H,1H3. The van der Waals surface area contributed by atoms with E-state index in [1.54, 1.807) is 6.07 Å². The molecule has 0 aliphatic heterocycles. The van der Waals surface area contributed by atoms with Crippen LogP contribution in [0.15, 0.2) is 27.1 Å². The number of rotatable bonds is 1. The van der Waals surface area contributed by atoms with Gasteiger partial charge in [0.1, 0.15) is 5.58 Å². The Bertz CT molecular complexity index is 452. The average molecular weight is 261 g/mol. The molecule has 0 aliphatic rings. The average Bonchev–Trinajstić information content (AvgIpc) is 2.47. The van der Waals surface area contributed by atoms with Gasteiger partial charge in [-0.1, -0.05) is 11.6 Å². The molecule has 0 amide bonds. The molecule has 0 radical (unpaired) electrons. The molecule has 2 rings (SSSR count). The van der Waals surface area contributed by atoms with Crippen molar-refractivity contribution in [1.82, 2.24) is 0 Å². The lowest BCUT2D eigenvalue weighted by Crippen LogP contribution is -1.81. The highest BCUT2D eigenvalue weighted by Crippen LogP contribution is 2.32. The van der Waals surface area contributed by atoms with Gasteiger partial charge in [-0.15, -0.1) is 0 Å². The number of benzene rings is 1. The van der Waals surface area contributed by atoms with E-state index in [2.05, 4.69) is 21.2 Å². The molecule has 4 heteroatoms. The van der Waals surface area contributed by atoms with Crippen molar-refractivity contribution >= 4 is 44.4 Å². The number of hydrogen-bond acceptors (Lipinski definition) is 2. The third-order valence-corrected chi connectivity index (χ3v) is 2.67. The molecule has 68 valence electrons. The molecule has 2 aromatic rings. The lowest BCUT2D eigenvalue weighted by Gasteiger charge is -1.93. The van der Waals surface area contributed by atoms with Crippen LogP contribution in [0.25, 0.3) is 11.0 Å². The Morgan fingerprint density at radius 3 is 2.85 bits per heavy atom. The van der Waals surface area contributed by atoms with Gasteiger partial charge in [0.15, 0.2) is 5.88 Å². The lowest BCUT2D eigenvalue weighted by atomic mass is 10.2. The monoisotopic (exact) mass is 259 g/mol. The molecule has 0 saturated carbocycles. The Labute approximate surface area is 89.0 Å². The zero-order valence-electron chi connectivity index (χ0n) is 6.90. The van der Waals surface area contributed by atoms with Crippen molar-refractivity contribution in [3.63, 3.8) is 0 Å². The van der Waals surface area contributed by atoms with Crippen LogP contribution in [-0.2, 0) is 0 Å². The maximum absolute atomic E-state index is 5.87. The Balaban J connectivity index is 2.75. The van der Waals surface area contributed by atoms with Crippen LogP contribution < -0.4 is 5.32 Å². The van der Waals surface area contributed by atoms with E-state index in [9.17, 15) is 0 Å². The summed E-state index contributed by atoms with van der Waals surface area (Å²) in [5.41, 5.74) is 0.781. The largest absolute Gasteiger partial charge is 0.441 e. The fourth-order valence-corrected chi connectivity index (χ4v) is 2.08. The number of hydrogen-bond donors (Lipinski definition) is 1. The molecule has 2 nitrogen and oxygen atoms in total. The van der Waals surface area contributed by atoms with E-state index in [1.807, 2.05) is 19.2 Å². The summed E-state index contributed by atoms with van der Waals surface area (Å²) >= 11 is 9.28. The molecule has 1 heterocycles. The smallest absolute Gasteiger partial charge is 0.193 e. The molecule has 1 N–H and O–H groups in total. The van der Waals surface area contributed by atoms with Gasteiger partial charge in [-0.3, -0.25) is 0 Å². The molecule has 13 heavy (non-hydrogen) atoms. The highest BCUT2D eigenvalue weighted by molar-refractivity contribution is 9.10. The zero-order valence-corrected chi connectivity index (χ0v) is 9.24. The van der Waals surface area contributed by atoms with Crippen LogP contribution in [-0.4, -0.2) is 7.05 Å². The maximum atomic E-state index is 5.87. The number of furan rings is 1. The predicted molar refractivity (Wildman–Crippen MR) is 58.5 cm³/mol. The normalized spacial score (nSPS) is 10.7. The first-order valence-electron chi connectivity index (χ1n) is 3.77. The fourth-order valence-electron chi connectivity index (χ4n) is 1.19. The Hall–Kier alpha value is -0.670. The molecule has 0 spiro atoms. The second-order valence-electron chi connectivity index (χ2n) is 2.66. The lowest BCUT2D eigenvalue weighted by molar-refractivity contribution is 0.632. The second kappa shape index (κ2) is 3.24. The number of halogens is 2. The fraction of sp³-hybridized carbons (Fsp3) is 0.111. The van der Waals surface area contributed by atoms with Gasteiger partial charge in [-0.05, 0) is 22.0 Å². The minimum absolute atomic E-state index is 0.663. The van der Waals surface area contributed by atoms with Crippen LogP contribution in [0, 0.1) is 0 Å². The summed E-state index contributed by atoms with van der Waals surface area (Å²) in [7, 11) is 1.81. The van der Waals surface area contributed by atoms with Crippen LogP contribution >= 0.6 is 27.5 Å². The predicted octanol–water partition coefficient (Wildman–Crippen LogP) is 3.89. The van der Waals surface area contributed by atoms with Crippen molar-refractivity contribution in [2.24, 2.45) is 0 Å². The zero-order chi connectivity index (χ0) is 9.42. The SMILES string of the molecule is CNc1cc2c(Br)cc(Cl)cc2o1. The van der Waals surface area contributed by atoms with Gasteiger partial charge in [-0.2, -0.15) is 0 Å². The summed E-state index contributed by atoms with van der Waals surface area (Å²) < 4.78 is 6.40. The number of fused-ring (bicyclic) bond motifs is 1. The molecular formula is C9H7BrClNO. The van der Waals surface area contributed by atoms with E-state index in [0.29, 0.717) is 5.02 Å². The van der Waals surface area contributed by atoms with Gasteiger partial charge < -0.3 is 9.73 Å². The van der Waals surface area contributed by atoms with Crippen molar-refractivity contribution < 1.29 is 4.42 Å². The van der Waals surface area contributed by atoms with E-state index >= 15 is 0 Å². The maximum Gasteiger partial charge on any atom is 0.193 e. The first kappa shape index (κ1) is 8.91. The molecule has 1 aromatic heterocycles. The van der Waals surface area contributed by atoms with E-state index < -0.39 is 0 Å². The Morgan fingerprint density at radius 2 is 2.15 bits per heavy atom. The highest BCUT2D eigenvalue weighted by atomic mass is 79.9. The van der Waals surface area contributed by atoms with Crippen molar-refractivity contribution in [2.75, 3.05) is 12.4 Å². The first-order valence-corrected chi connectivity index (χ1v) is 4.94. The summed E-state index contributed by atoms with van der Waals surface area (Å²) in [5, 5.41) is 4.62. The van der Waals surface area contributed by atoms with E-state index in [1.165, 1.54) is 0 Å². The summed E-state index contributed by atoms with van der Waals surface area (Å²) in [6.07, 6.45) is 0. The quantitative estimate of drug-likeness (QED) is 0.841. The van der Waals surface area contributed by atoms with Crippen LogP contribution in [0.2, 0.25) is 5.02 Å². The van der Waals surface area contributed by atoms with Crippen LogP contribution in [0.3, 0.4) is 0 Å². The van der Waals surface area contributed by atoms with E-state index in [0.717, 1.165) is 21.3 Å². The van der Waals surface area contributed by atoms with Gasteiger partial charge >= 0.3 is 0 Å². The van der Waals surface area contributed by atoms with Crippen LogP contribution in [0.5, 0.6) is 0 Å². The van der Waals surface area contributed by atoms with Gasteiger partial charge in [0.05, 0.1) is 0 Å². The summed E-state index contributed by atoms with van der Waals surface area (Å²) in [5.74, 6) is 0.734. The first-order chi connectivity index (χ1) is 6.20. The summed E-state index contributed by atoms with van der Waals surface area (Å²) in [6.45, 7) is 0. The molecule has 1 aromatic carbocycles. The third kappa shape index (κ3) is 1.54. The third-order valence-electron chi connectivity index (χ3n) is 1.80. The molecule has 0 bridgehead atoms. The second-order valence-corrected chi connectivity index (χ2v) is 3.95. The molecule has 0 saturated heterocycles. The van der Waals surface area contributed by atoms with E-state index in [4.69, 9.17) is 16.0 Å². The Kier molecular flexibility index (Phi) is 2.22. The minimum Gasteiger partial charge on any atom is -0.441 e. The minimum atomic E-state index is 0.663. The molecule has 0 fully saturated rings. The Morgan fingerprint density at radius 1 is 1.38 bits per heavy atom. The molecule has 0 aliphatic carbocycles. The van der Waals surface area contributed by atoms with Gasteiger partial charge in [0.2, 0.25) is 0 Å². The van der Waals surface area contributed by atoms with Gasteiger partial charge in [0.25, 0.3) is 0 Å². The van der Waals surface area contributed by atoms with E-state index in [-0.39, 0.29) is 0 Å². The topological polar surface area (TPSA) is 25.2 Å².